The smallest absolute Gasteiger partial charge is 0.0531 e. The highest BCUT2D eigenvalue weighted by Crippen LogP contribution is 2.56. The van der Waals surface area contributed by atoms with E-state index in [1.165, 1.54) is 45.2 Å². The molecule has 2 nitrogen and oxygen atoms in total. The molecule has 3 aromatic carbocycles. The van der Waals surface area contributed by atoms with Crippen LogP contribution in [0.5, 0.6) is 0 Å². The molecule has 0 spiro atoms. The number of nitrogens with zero attached hydrogens (tertiary/aromatic N) is 2. The first-order valence-electron chi connectivity index (χ1n) is 24.8. The Hall–Kier alpha value is -6.12. The summed E-state index contributed by atoms with van der Waals surface area (Å²) in [5.41, 5.74) is 18.9. The quantitative estimate of drug-likeness (QED) is 0.201. The molecule has 5 unspecified atom stereocenters. The molecule has 5 atom stereocenters. The fourth-order valence-electron chi connectivity index (χ4n) is 12.1. The van der Waals surface area contributed by atoms with Gasteiger partial charge in [-0.1, -0.05) is 177 Å². The zero-order valence-electron chi connectivity index (χ0n) is 38.5. The number of anilines is 2. The van der Waals surface area contributed by atoms with Crippen LogP contribution in [-0.2, 0) is 0 Å². The van der Waals surface area contributed by atoms with E-state index in [1.54, 1.807) is 27.9 Å². The van der Waals surface area contributed by atoms with E-state index in [2.05, 4.69) is 212 Å². The first kappa shape index (κ1) is 41.6. The van der Waals surface area contributed by atoms with Crippen molar-refractivity contribution in [3.63, 3.8) is 0 Å². The number of benzene rings is 3. The van der Waals surface area contributed by atoms with Gasteiger partial charge in [-0.3, -0.25) is 0 Å². The fraction of sp³-hybridized carbons (Fsp3) is 0.302. The molecule has 11 rings (SSSR count). The van der Waals surface area contributed by atoms with Crippen molar-refractivity contribution in [2.24, 2.45) is 23.2 Å². The lowest BCUT2D eigenvalue weighted by atomic mass is 9.61. The summed E-state index contributed by atoms with van der Waals surface area (Å²) in [5, 5.41) is 0. The van der Waals surface area contributed by atoms with Gasteiger partial charge in [-0.15, -0.1) is 0 Å². The molecule has 0 saturated carbocycles. The molecule has 8 aliphatic carbocycles. The number of hydrogen-bond acceptors (Lipinski definition) is 2. The lowest BCUT2D eigenvalue weighted by Crippen LogP contribution is -2.42. The third-order valence-electron chi connectivity index (χ3n) is 15.8. The molecular weight excluding hydrogens is 785 g/mol. The molecule has 0 radical (unpaired) electrons. The van der Waals surface area contributed by atoms with Gasteiger partial charge in [0.25, 0.3) is 0 Å². The summed E-state index contributed by atoms with van der Waals surface area (Å²) in [7, 11) is 0. The largest absolute Gasteiger partial charge is 0.338 e. The Labute approximate surface area is 388 Å². The molecule has 0 N–H and O–H groups in total. The second-order valence-electron chi connectivity index (χ2n) is 20.2. The molecule has 0 amide bonds. The predicted molar refractivity (Wildman–Crippen MR) is 275 cm³/mol. The Bertz CT molecular complexity index is 2710. The third kappa shape index (κ3) is 8.38. The minimum absolute atomic E-state index is 0.0913. The van der Waals surface area contributed by atoms with E-state index in [9.17, 15) is 0 Å². The third-order valence-corrected chi connectivity index (χ3v) is 15.8. The van der Waals surface area contributed by atoms with Gasteiger partial charge in [0.1, 0.15) is 0 Å². The van der Waals surface area contributed by atoms with Gasteiger partial charge in [-0.05, 0) is 152 Å². The summed E-state index contributed by atoms with van der Waals surface area (Å²) in [6, 6.07) is 30.2. The maximum atomic E-state index is 2.74. The average molecular weight is 849 g/mol. The van der Waals surface area contributed by atoms with Crippen LogP contribution in [0.1, 0.15) is 96.0 Å². The van der Waals surface area contributed by atoms with E-state index >= 15 is 0 Å². The summed E-state index contributed by atoms with van der Waals surface area (Å²) in [5.74, 6) is 1.95. The molecule has 3 aromatic rings. The van der Waals surface area contributed by atoms with E-state index in [0.29, 0.717) is 23.7 Å². The molecule has 0 aliphatic heterocycles. The van der Waals surface area contributed by atoms with Crippen LogP contribution in [0.25, 0.3) is 11.1 Å². The first-order valence-corrected chi connectivity index (χ1v) is 24.8. The van der Waals surface area contributed by atoms with Gasteiger partial charge in [-0.25, -0.2) is 0 Å². The van der Waals surface area contributed by atoms with Crippen molar-refractivity contribution < 1.29 is 0 Å². The van der Waals surface area contributed by atoms with Crippen LogP contribution in [0.3, 0.4) is 0 Å². The number of rotatable bonds is 10. The Morgan fingerprint density at radius 3 is 1.74 bits per heavy atom. The minimum Gasteiger partial charge on any atom is -0.338 e. The van der Waals surface area contributed by atoms with Crippen molar-refractivity contribution in [1.82, 2.24) is 0 Å². The molecule has 0 heterocycles. The van der Waals surface area contributed by atoms with Crippen molar-refractivity contribution in [2.45, 2.75) is 96.4 Å². The van der Waals surface area contributed by atoms with Crippen LogP contribution in [0, 0.1) is 23.2 Å². The van der Waals surface area contributed by atoms with Gasteiger partial charge in [-0.2, -0.15) is 0 Å². The zero-order chi connectivity index (χ0) is 43.7. The highest BCUT2D eigenvalue weighted by molar-refractivity contribution is 5.71. The Kier molecular flexibility index (Phi) is 11.5. The fourth-order valence-corrected chi connectivity index (χ4v) is 12.1. The van der Waals surface area contributed by atoms with Crippen LogP contribution in [-0.4, -0.2) is 6.04 Å². The molecule has 0 saturated heterocycles. The van der Waals surface area contributed by atoms with Gasteiger partial charge >= 0.3 is 0 Å². The summed E-state index contributed by atoms with van der Waals surface area (Å²) in [6.07, 6.45) is 54.6. The van der Waals surface area contributed by atoms with Crippen LogP contribution >= 0.6 is 0 Å². The monoisotopic (exact) mass is 849 g/mol. The van der Waals surface area contributed by atoms with Gasteiger partial charge in [0.15, 0.2) is 0 Å². The van der Waals surface area contributed by atoms with Crippen molar-refractivity contribution >= 4 is 11.4 Å². The maximum absolute atomic E-state index is 2.74. The molecule has 0 fully saturated rings. The second kappa shape index (κ2) is 18.0. The van der Waals surface area contributed by atoms with E-state index in [1.807, 2.05) is 0 Å². The van der Waals surface area contributed by atoms with Crippen molar-refractivity contribution in [1.29, 1.82) is 0 Å². The molecule has 2 heteroatoms. The molecule has 0 bridgehead atoms. The van der Waals surface area contributed by atoms with Gasteiger partial charge < -0.3 is 9.80 Å². The van der Waals surface area contributed by atoms with E-state index in [4.69, 9.17) is 0 Å². The number of allylic oxidation sites excluding steroid dienone is 24. The van der Waals surface area contributed by atoms with Crippen LogP contribution in [0.2, 0.25) is 0 Å². The molecule has 326 valence electrons. The van der Waals surface area contributed by atoms with Gasteiger partial charge in [0.05, 0.1) is 6.04 Å². The SMILES string of the molecule is CC1(C)CCC2=C3C1=CC(N(C1=CC=C(C4C=CC=CC4)CC1)c1ccc(-c4ccccc4)cc1)CC3CC=C2N(C1=CC=C(C2C=CC=CC2)CC1)c1ccc(C2C=CC=CC2)cc1. The van der Waals surface area contributed by atoms with Crippen LogP contribution in [0.15, 0.2) is 233 Å². The van der Waals surface area contributed by atoms with Crippen LogP contribution < -0.4 is 9.80 Å². The lowest BCUT2D eigenvalue weighted by molar-refractivity contribution is 0.354. The summed E-state index contributed by atoms with van der Waals surface area (Å²) >= 11 is 0. The van der Waals surface area contributed by atoms with Crippen LogP contribution in [0.4, 0.5) is 11.4 Å². The molecule has 0 aromatic heterocycles. The van der Waals surface area contributed by atoms with E-state index in [-0.39, 0.29) is 11.5 Å². The van der Waals surface area contributed by atoms with Crippen molar-refractivity contribution in [3.8, 4) is 11.1 Å². The van der Waals surface area contributed by atoms with Crippen molar-refractivity contribution in [2.75, 3.05) is 9.80 Å². The Morgan fingerprint density at radius 1 is 0.538 bits per heavy atom. The zero-order valence-corrected chi connectivity index (χ0v) is 38.5. The summed E-state index contributed by atoms with van der Waals surface area (Å²) < 4.78 is 0. The summed E-state index contributed by atoms with van der Waals surface area (Å²) in [4.78, 5) is 5.42. The number of hydrogen-bond donors (Lipinski definition) is 0. The van der Waals surface area contributed by atoms with Gasteiger partial charge in [0.2, 0.25) is 0 Å². The molecule has 65 heavy (non-hydrogen) atoms. The highest BCUT2D eigenvalue weighted by Gasteiger charge is 2.44. The van der Waals surface area contributed by atoms with E-state index < -0.39 is 0 Å². The van der Waals surface area contributed by atoms with Gasteiger partial charge in [0, 0.05) is 46.2 Å². The Morgan fingerprint density at radius 2 is 1.14 bits per heavy atom. The summed E-state index contributed by atoms with van der Waals surface area (Å²) in [6.45, 7) is 5.05. The maximum Gasteiger partial charge on any atom is 0.0531 e. The lowest BCUT2D eigenvalue weighted by Gasteiger charge is -2.49. The normalized spacial score (nSPS) is 26.3. The van der Waals surface area contributed by atoms with Crippen molar-refractivity contribution in [3.05, 3.63) is 239 Å². The second-order valence-corrected chi connectivity index (χ2v) is 20.2. The molecule has 8 aliphatic rings. The average Bonchev–Trinajstić information content (AvgIpc) is 3.37. The standard InChI is InChI=1S/C63H64N2/c1-63(2)42-41-59-61(65(56-36-27-51(28-37-56)47-19-11-5-12-20-47)57-38-29-52(30-39-57)48-21-13-6-14-22-48)40-31-53-43-58(44-60(63)62(53)59)64(54-32-23-49(24-33-54)45-15-7-3-8-16-45)55-34-25-50(26-35-55)46-17-9-4-10-18-46/h3-17,19,21,23-25,27-29,32-34,36-38,40,44,46-48,53,58H,18,20,22,26,30-31,35,39,41-43H2,1-2H3. The molecular formula is C63H64N2. The Balaban J connectivity index is 0.976. The minimum atomic E-state index is 0.0913. The van der Waals surface area contributed by atoms with E-state index in [0.717, 1.165) is 70.6 Å². The topological polar surface area (TPSA) is 6.48 Å². The first-order chi connectivity index (χ1) is 32.0. The highest BCUT2D eigenvalue weighted by atomic mass is 15.2. The predicted octanol–water partition coefficient (Wildman–Crippen LogP) is 16.5.